The minimum atomic E-state index is 0.156. The first-order valence-corrected chi connectivity index (χ1v) is 7.16. The third-order valence-corrected chi connectivity index (χ3v) is 4.03. The van der Waals surface area contributed by atoms with Crippen LogP contribution in [0, 0.1) is 0 Å². The monoisotopic (exact) mass is 279 g/mol. The molecule has 1 aromatic rings. The van der Waals surface area contributed by atoms with Crippen LogP contribution in [-0.2, 0) is 0 Å². The summed E-state index contributed by atoms with van der Waals surface area (Å²) in [6, 6.07) is 5.83. The number of methoxy groups -OCH3 is 1. The molecular formula is C15H25N3O2. The van der Waals surface area contributed by atoms with Crippen LogP contribution in [0.25, 0.3) is 0 Å². The predicted molar refractivity (Wildman–Crippen MR) is 80.1 cm³/mol. The summed E-state index contributed by atoms with van der Waals surface area (Å²) in [6.07, 6.45) is 0.838. The second-order valence-electron chi connectivity index (χ2n) is 5.33. The van der Waals surface area contributed by atoms with E-state index < -0.39 is 0 Å². The largest absolute Gasteiger partial charge is 0.504 e. The van der Waals surface area contributed by atoms with E-state index in [-0.39, 0.29) is 11.8 Å². The molecule has 5 heteroatoms. The quantitative estimate of drug-likeness (QED) is 0.843. The first-order valence-electron chi connectivity index (χ1n) is 7.16. The number of hydrogen-bond acceptors (Lipinski definition) is 5. The normalized spacial score (nSPS) is 18.9. The molecule has 0 radical (unpaired) electrons. The smallest absolute Gasteiger partial charge is 0.162 e. The Labute approximate surface area is 120 Å². The molecule has 3 N–H and O–H groups in total. The van der Waals surface area contributed by atoms with E-state index in [0.717, 1.165) is 38.2 Å². The Balaban J connectivity index is 2.24. The highest BCUT2D eigenvalue weighted by molar-refractivity contribution is 5.47. The fourth-order valence-corrected chi connectivity index (χ4v) is 2.80. The van der Waals surface area contributed by atoms with Crippen molar-refractivity contribution >= 4 is 0 Å². The van der Waals surface area contributed by atoms with Gasteiger partial charge in [-0.1, -0.05) is 12.1 Å². The van der Waals surface area contributed by atoms with Crippen molar-refractivity contribution in [2.75, 3.05) is 46.9 Å². The SMILES string of the molecule is COc1cccc(C(CCN)N2CCN(C)CC2)c1O. The van der Waals surface area contributed by atoms with Gasteiger partial charge in [0.25, 0.3) is 0 Å². The van der Waals surface area contributed by atoms with Crippen molar-refractivity contribution in [1.82, 2.24) is 9.80 Å². The van der Waals surface area contributed by atoms with Gasteiger partial charge < -0.3 is 20.5 Å². The van der Waals surface area contributed by atoms with Crippen LogP contribution < -0.4 is 10.5 Å². The average Bonchev–Trinajstić information content (AvgIpc) is 2.47. The molecule has 1 atom stereocenters. The summed E-state index contributed by atoms with van der Waals surface area (Å²) in [5.41, 5.74) is 6.69. The number of rotatable bonds is 5. The van der Waals surface area contributed by atoms with Crippen molar-refractivity contribution in [3.8, 4) is 11.5 Å². The minimum Gasteiger partial charge on any atom is -0.504 e. The molecular weight excluding hydrogens is 254 g/mol. The number of piperazine rings is 1. The van der Waals surface area contributed by atoms with E-state index in [2.05, 4.69) is 16.8 Å². The molecule has 1 aliphatic heterocycles. The average molecular weight is 279 g/mol. The number of nitrogens with zero attached hydrogens (tertiary/aromatic N) is 2. The molecule has 1 heterocycles. The molecule has 1 aliphatic rings. The molecule has 2 rings (SSSR count). The number of nitrogens with two attached hydrogens (primary N) is 1. The summed E-state index contributed by atoms with van der Waals surface area (Å²) in [6.45, 7) is 4.70. The lowest BCUT2D eigenvalue weighted by atomic mass is 9.99. The highest BCUT2D eigenvalue weighted by Gasteiger charge is 2.26. The van der Waals surface area contributed by atoms with E-state index in [1.165, 1.54) is 0 Å². The van der Waals surface area contributed by atoms with E-state index in [1.807, 2.05) is 12.1 Å². The third kappa shape index (κ3) is 3.23. The molecule has 1 saturated heterocycles. The van der Waals surface area contributed by atoms with Gasteiger partial charge in [-0.3, -0.25) is 4.90 Å². The molecule has 0 aliphatic carbocycles. The van der Waals surface area contributed by atoms with Crippen LogP contribution in [0.4, 0.5) is 0 Å². The fourth-order valence-electron chi connectivity index (χ4n) is 2.80. The zero-order valence-corrected chi connectivity index (χ0v) is 12.4. The number of ether oxygens (including phenoxy) is 1. The molecule has 1 unspecified atom stereocenters. The number of para-hydroxylation sites is 1. The number of phenolic OH excluding ortho intramolecular Hbond substituents is 1. The van der Waals surface area contributed by atoms with E-state index in [1.54, 1.807) is 13.2 Å². The van der Waals surface area contributed by atoms with Gasteiger partial charge in [0.1, 0.15) is 0 Å². The molecule has 1 aromatic carbocycles. The van der Waals surface area contributed by atoms with Gasteiger partial charge in [0, 0.05) is 37.8 Å². The summed E-state index contributed by atoms with van der Waals surface area (Å²) in [5, 5.41) is 10.4. The Morgan fingerprint density at radius 2 is 2.00 bits per heavy atom. The number of likely N-dealkylation sites (N-methyl/N-ethyl adjacent to an activating group) is 1. The molecule has 0 bridgehead atoms. The van der Waals surface area contributed by atoms with Crippen molar-refractivity contribution in [3.63, 3.8) is 0 Å². The van der Waals surface area contributed by atoms with E-state index >= 15 is 0 Å². The van der Waals surface area contributed by atoms with Crippen LogP contribution in [0.15, 0.2) is 18.2 Å². The van der Waals surface area contributed by atoms with Gasteiger partial charge in [-0.25, -0.2) is 0 Å². The molecule has 5 nitrogen and oxygen atoms in total. The second kappa shape index (κ2) is 6.92. The maximum Gasteiger partial charge on any atom is 0.162 e. The number of hydrogen-bond donors (Lipinski definition) is 2. The molecule has 0 amide bonds. The van der Waals surface area contributed by atoms with Gasteiger partial charge in [-0.05, 0) is 26.1 Å². The lowest BCUT2D eigenvalue weighted by molar-refractivity contribution is 0.106. The Bertz CT molecular complexity index is 431. The first kappa shape index (κ1) is 15.1. The van der Waals surface area contributed by atoms with Gasteiger partial charge in [-0.15, -0.1) is 0 Å². The maximum atomic E-state index is 10.4. The van der Waals surface area contributed by atoms with Crippen LogP contribution >= 0.6 is 0 Å². The zero-order valence-electron chi connectivity index (χ0n) is 12.4. The first-order chi connectivity index (χ1) is 9.67. The maximum absolute atomic E-state index is 10.4. The van der Waals surface area contributed by atoms with Crippen molar-refractivity contribution in [3.05, 3.63) is 23.8 Å². The summed E-state index contributed by atoms with van der Waals surface area (Å²) in [5.74, 6) is 0.769. The molecule has 0 spiro atoms. The van der Waals surface area contributed by atoms with Crippen molar-refractivity contribution in [2.45, 2.75) is 12.5 Å². The molecule has 112 valence electrons. The summed E-state index contributed by atoms with van der Waals surface area (Å²) in [7, 11) is 3.71. The lowest BCUT2D eigenvalue weighted by Crippen LogP contribution is -2.46. The van der Waals surface area contributed by atoms with Crippen LogP contribution in [0.3, 0.4) is 0 Å². The minimum absolute atomic E-state index is 0.156. The standard InChI is InChI=1S/C15H25N3O2/c1-17-8-10-18(11-9-17)13(6-7-16)12-4-3-5-14(20-2)15(12)19/h3-5,13,19H,6-11,16H2,1-2H3. The van der Waals surface area contributed by atoms with E-state index in [9.17, 15) is 5.11 Å². The second-order valence-corrected chi connectivity index (χ2v) is 5.33. The van der Waals surface area contributed by atoms with Gasteiger partial charge in [0.2, 0.25) is 0 Å². The molecule has 0 saturated carbocycles. The van der Waals surface area contributed by atoms with Crippen LogP contribution in [0.1, 0.15) is 18.0 Å². The van der Waals surface area contributed by atoms with Crippen LogP contribution in [0.2, 0.25) is 0 Å². The highest BCUT2D eigenvalue weighted by Crippen LogP contribution is 2.37. The van der Waals surface area contributed by atoms with Crippen LogP contribution in [0.5, 0.6) is 11.5 Å². The fraction of sp³-hybridized carbons (Fsp3) is 0.600. The summed E-state index contributed by atoms with van der Waals surface area (Å²) in [4.78, 5) is 4.72. The van der Waals surface area contributed by atoms with Gasteiger partial charge in [0.15, 0.2) is 11.5 Å². The number of phenols is 1. The van der Waals surface area contributed by atoms with Crippen molar-refractivity contribution < 1.29 is 9.84 Å². The van der Waals surface area contributed by atoms with Gasteiger partial charge in [0.05, 0.1) is 7.11 Å². The predicted octanol–water partition coefficient (Wildman–Crippen LogP) is 1.04. The third-order valence-electron chi connectivity index (χ3n) is 4.03. The Kier molecular flexibility index (Phi) is 5.23. The number of benzene rings is 1. The molecule has 20 heavy (non-hydrogen) atoms. The Hall–Kier alpha value is -1.30. The van der Waals surface area contributed by atoms with Crippen molar-refractivity contribution in [2.24, 2.45) is 5.73 Å². The van der Waals surface area contributed by atoms with Crippen LogP contribution in [-0.4, -0.2) is 61.8 Å². The zero-order chi connectivity index (χ0) is 14.5. The summed E-state index contributed by atoms with van der Waals surface area (Å²) >= 11 is 0. The lowest BCUT2D eigenvalue weighted by Gasteiger charge is -2.38. The van der Waals surface area contributed by atoms with Gasteiger partial charge >= 0.3 is 0 Å². The van der Waals surface area contributed by atoms with E-state index in [4.69, 9.17) is 10.5 Å². The highest BCUT2D eigenvalue weighted by atomic mass is 16.5. The number of aromatic hydroxyl groups is 1. The molecule has 0 aromatic heterocycles. The van der Waals surface area contributed by atoms with E-state index in [0.29, 0.717) is 12.3 Å². The van der Waals surface area contributed by atoms with Crippen molar-refractivity contribution in [1.29, 1.82) is 0 Å². The summed E-state index contributed by atoms with van der Waals surface area (Å²) < 4.78 is 5.21. The Morgan fingerprint density at radius 1 is 1.30 bits per heavy atom. The topological polar surface area (TPSA) is 62.0 Å². The molecule has 1 fully saturated rings. The Morgan fingerprint density at radius 3 is 2.60 bits per heavy atom. The van der Waals surface area contributed by atoms with Gasteiger partial charge in [-0.2, -0.15) is 0 Å².